The van der Waals surface area contributed by atoms with Crippen LogP contribution in [-0.2, 0) is 12.8 Å². The minimum Gasteiger partial charge on any atom is -0.392 e. The molecule has 20 heavy (non-hydrogen) atoms. The summed E-state index contributed by atoms with van der Waals surface area (Å²) in [6.07, 6.45) is 0.184. The van der Waals surface area contributed by atoms with Gasteiger partial charge in [-0.2, -0.15) is 0 Å². The predicted octanol–water partition coefficient (Wildman–Crippen LogP) is 4.59. The second-order valence-electron chi connectivity index (χ2n) is 4.87. The van der Waals surface area contributed by atoms with Gasteiger partial charge in [0.15, 0.2) is 0 Å². The topological polar surface area (TPSA) is 20.2 Å². The highest BCUT2D eigenvalue weighted by Gasteiger charge is 2.12. The molecule has 0 radical (unpaired) electrons. The van der Waals surface area contributed by atoms with Crippen molar-refractivity contribution in [3.63, 3.8) is 0 Å². The molecule has 0 heterocycles. The van der Waals surface area contributed by atoms with Gasteiger partial charge in [0.05, 0.1) is 6.10 Å². The lowest BCUT2D eigenvalue weighted by molar-refractivity contribution is 0.175. The zero-order valence-electron chi connectivity index (χ0n) is 11.0. The summed E-state index contributed by atoms with van der Waals surface area (Å²) in [5.41, 5.74) is 2.60. The van der Waals surface area contributed by atoms with Crippen molar-refractivity contribution in [1.82, 2.24) is 0 Å². The van der Waals surface area contributed by atoms with Crippen LogP contribution >= 0.6 is 23.2 Å². The van der Waals surface area contributed by atoms with Crippen LogP contribution in [0.3, 0.4) is 0 Å². The Morgan fingerprint density at radius 3 is 2.45 bits per heavy atom. The Hall–Kier alpha value is -1.09. The molecular weight excluding hydrogens is 298 g/mol. The number of hydrogen-bond donors (Lipinski definition) is 1. The van der Waals surface area contributed by atoms with Crippen LogP contribution in [0.2, 0.25) is 10.0 Å². The van der Waals surface area contributed by atoms with Crippen LogP contribution in [0.5, 0.6) is 0 Å². The van der Waals surface area contributed by atoms with E-state index in [1.54, 1.807) is 24.3 Å². The molecule has 0 aliphatic rings. The number of aryl methyl sites for hydroxylation is 1. The Bertz CT molecular complexity index is 613. The van der Waals surface area contributed by atoms with Crippen molar-refractivity contribution in [2.75, 3.05) is 0 Å². The SMILES string of the molecule is Cc1ccc(F)cc1CC(O)Cc1ccc(Cl)cc1Cl. The van der Waals surface area contributed by atoms with Gasteiger partial charge in [-0.1, -0.05) is 35.3 Å². The number of benzene rings is 2. The minimum atomic E-state index is -0.617. The van der Waals surface area contributed by atoms with E-state index in [1.807, 2.05) is 6.92 Å². The Morgan fingerprint density at radius 1 is 1.05 bits per heavy atom. The standard InChI is InChI=1S/C16H15Cl2FO/c1-10-2-5-14(19)6-12(10)8-15(20)7-11-3-4-13(17)9-16(11)18/h2-6,9,15,20H,7-8H2,1H3. The molecule has 2 aromatic carbocycles. The lowest BCUT2D eigenvalue weighted by Gasteiger charge is -2.14. The molecule has 1 atom stereocenters. The third kappa shape index (κ3) is 3.95. The van der Waals surface area contributed by atoms with Crippen LogP contribution in [0.1, 0.15) is 16.7 Å². The fourth-order valence-corrected chi connectivity index (χ4v) is 2.61. The van der Waals surface area contributed by atoms with Crippen LogP contribution in [0.4, 0.5) is 4.39 Å². The van der Waals surface area contributed by atoms with Crippen LogP contribution < -0.4 is 0 Å². The average molecular weight is 313 g/mol. The minimum absolute atomic E-state index is 0.290. The summed E-state index contributed by atoms with van der Waals surface area (Å²) in [5.74, 6) is -0.290. The van der Waals surface area contributed by atoms with Crippen molar-refractivity contribution in [2.45, 2.75) is 25.9 Å². The first-order chi connectivity index (χ1) is 9.45. The number of halogens is 3. The first-order valence-corrected chi connectivity index (χ1v) is 7.08. The van der Waals surface area contributed by atoms with Crippen LogP contribution in [0.15, 0.2) is 36.4 Å². The molecule has 2 rings (SSSR count). The van der Waals surface area contributed by atoms with Crippen LogP contribution in [0.25, 0.3) is 0 Å². The largest absolute Gasteiger partial charge is 0.392 e. The summed E-state index contributed by atoms with van der Waals surface area (Å²) < 4.78 is 13.2. The molecule has 4 heteroatoms. The Balaban J connectivity index is 2.08. The van der Waals surface area contributed by atoms with Gasteiger partial charge in [0.2, 0.25) is 0 Å². The lowest BCUT2D eigenvalue weighted by atomic mass is 9.98. The first kappa shape index (κ1) is 15.3. The van der Waals surface area contributed by atoms with Gasteiger partial charge in [0.25, 0.3) is 0 Å². The molecule has 0 saturated heterocycles. The van der Waals surface area contributed by atoms with E-state index in [-0.39, 0.29) is 5.82 Å². The highest BCUT2D eigenvalue weighted by atomic mass is 35.5. The maximum Gasteiger partial charge on any atom is 0.123 e. The summed E-state index contributed by atoms with van der Waals surface area (Å²) in [5, 5.41) is 11.2. The molecule has 0 aromatic heterocycles. The van der Waals surface area contributed by atoms with Crippen molar-refractivity contribution >= 4 is 23.2 Å². The molecule has 0 amide bonds. The first-order valence-electron chi connectivity index (χ1n) is 6.32. The summed E-state index contributed by atoms with van der Waals surface area (Å²) >= 11 is 11.9. The highest BCUT2D eigenvalue weighted by molar-refractivity contribution is 6.35. The highest BCUT2D eigenvalue weighted by Crippen LogP contribution is 2.23. The number of aliphatic hydroxyl groups excluding tert-OH is 1. The number of hydrogen-bond acceptors (Lipinski definition) is 1. The maximum atomic E-state index is 13.2. The summed E-state index contributed by atoms with van der Waals surface area (Å²) in [6.45, 7) is 1.90. The monoisotopic (exact) mass is 312 g/mol. The van der Waals surface area contributed by atoms with Gasteiger partial charge < -0.3 is 5.11 Å². The van der Waals surface area contributed by atoms with E-state index in [4.69, 9.17) is 23.2 Å². The van der Waals surface area contributed by atoms with Crippen LogP contribution in [0, 0.1) is 12.7 Å². The zero-order valence-corrected chi connectivity index (χ0v) is 12.5. The molecule has 2 aromatic rings. The number of rotatable bonds is 4. The molecule has 106 valence electrons. The van der Waals surface area contributed by atoms with E-state index in [0.29, 0.717) is 22.9 Å². The van der Waals surface area contributed by atoms with Crippen molar-refractivity contribution in [1.29, 1.82) is 0 Å². The van der Waals surface area contributed by atoms with Gasteiger partial charge in [-0.25, -0.2) is 4.39 Å². The second kappa shape index (κ2) is 6.57. The second-order valence-corrected chi connectivity index (χ2v) is 5.71. The molecule has 1 nitrogen and oxygen atoms in total. The van der Waals surface area contributed by atoms with E-state index in [2.05, 4.69) is 0 Å². The van der Waals surface area contributed by atoms with Crippen molar-refractivity contribution in [3.8, 4) is 0 Å². The zero-order chi connectivity index (χ0) is 14.7. The third-order valence-corrected chi connectivity index (χ3v) is 3.82. The fraction of sp³-hybridized carbons (Fsp3) is 0.250. The van der Waals surface area contributed by atoms with Gasteiger partial charge in [-0.05, 0) is 54.3 Å². The van der Waals surface area contributed by atoms with E-state index >= 15 is 0 Å². The molecular formula is C16H15Cl2FO. The van der Waals surface area contributed by atoms with E-state index in [9.17, 15) is 9.50 Å². The summed E-state index contributed by atoms with van der Waals surface area (Å²) in [6, 6.07) is 9.78. The molecule has 0 spiro atoms. The third-order valence-electron chi connectivity index (χ3n) is 3.24. The summed E-state index contributed by atoms with van der Waals surface area (Å²) in [4.78, 5) is 0. The molecule has 0 aliphatic heterocycles. The van der Waals surface area contributed by atoms with Gasteiger partial charge in [-0.3, -0.25) is 0 Å². The quantitative estimate of drug-likeness (QED) is 0.875. The smallest absolute Gasteiger partial charge is 0.123 e. The van der Waals surface area contributed by atoms with Crippen molar-refractivity contribution in [3.05, 3.63) is 69.0 Å². The van der Waals surface area contributed by atoms with E-state index < -0.39 is 6.10 Å². The molecule has 0 saturated carbocycles. The summed E-state index contributed by atoms with van der Waals surface area (Å²) in [7, 11) is 0. The molecule has 1 unspecified atom stereocenters. The van der Waals surface area contributed by atoms with Gasteiger partial charge >= 0.3 is 0 Å². The molecule has 0 aliphatic carbocycles. The molecule has 0 bridgehead atoms. The fourth-order valence-electron chi connectivity index (χ4n) is 2.13. The Morgan fingerprint density at radius 2 is 1.75 bits per heavy atom. The van der Waals surface area contributed by atoms with Crippen molar-refractivity contribution in [2.24, 2.45) is 0 Å². The van der Waals surface area contributed by atoms with Gasteiger partial charge in [0, 0.05) is 16.5 Å². The Labute approximate surface area is 128 Å². The Kier molecular flexibility index (Phi) is 5.03. The molecule has 0 fully saturated rings. The molecule has 1 N–H and O–H groups in total. The number of aliphatic hydroxyl groups is 1. The van der Waals surface area contributed by atoms with Crippen molar-refractivity contribution < 1.29 is 9.50 Å². The van der Waals surface area contributed by atoms with Crippen LogP contribution in [-0.4, -0.2) is 11.2 Å². The maximum absolute atomic E-state index is 13.2. The normalized spacial score (nSPS) is 12.4. The predicted molar refractivity (Wildman–Crippen MR) is 81.0 cm³/mol. The van der Waals surface area contributed by atoms with E-state index in [0.717, 1.165) is 16.7 Å². The van der Waals surface area contributed by atoms with Gasteiger partial charge in [0.1, 0.15) is 5.82 Å². The average Bonchev–Trinajstić information content (AvgIpc) is 2.37. The van der Waals surface area contributed by atoms with Gasteiger partial charge in [-0.15, -0.1) is 0 Å². The van der Waals surface area contributed by atoms with E-state index in [1.165, 1.54) is 12.1 Å². The lowest BCUT2D eigenvalue weighted by Crippen LogP contribution is -2.15.